The quantitative estimate of drug-likeness (QED) is 0.346. The number of hydrogen-bond donors (Lipinski definition) is 1. The van der Waals surface area contributed by atoms with Gasteiger partial charge in [-0.2, -0.15) is 13.2 Å². The number of nitrogens with one attached hydrogen (secondary N) is 1. The SMILES string of the molecule is C=C(C)/C=C\c1c(C)ccc(Cl)c1C(=O)NCC(c1cnc(C(F)(F)F)nc1)N(CCC)CCC. The van der Waals surface area contributed by atoms with Crippen LogP contribution in [0.25, 0.3) is 6.08 Å². The molecule has 1 atom stereocenters. The number of alkyl halides is 3. The van der Waals surface area contributed by atoms with E-state index in [1.165, 1.54) is 12.4 Å². The summed E-state index contributed by atoms with van der Waals surface area (Å²) in [5.41, 5.74) is 3.23. The van der Waals surface area contributed by atoms with Crippen LogP contribution >= 0.6 is 11.6 Å². The van der Waals surface area contributed by atoms with E-state index in [4.69, 9.17) is 11.6 Å². The third-order valence-electron chi connectivity index (χ3n) is 5.40. The Labute approximate surface area is 210 Å². The molecule has 35 heavy (non-hydrogen) atoms. The predicted molar refractivity (Wildman–Crippen MR) is 134 cm³/mol. The molecule has 0 fully saturated rings. The molecule has 9 heteroatoms. The molecule has 1 heterocycles. The number of halogens is 4. The Kier molecular flexibility index (Phi) is 10.5. The molecule has 1 aromatic carbocycles. The zero-order valence-electron chi connectivity index (χ0n) is 20.5. The predicted octanol–water partition coefficient (Wildman–Crippen LogP) is 6.64. The van der Waals surface area contributed by atoms with E-state index < -0.39 is 18.0 Å². The molecular formula is C26H32ClF3N4O. The first-order valence-electron chi connectivity index (χ1n) is 11.5. The van der Waals surface area contributed by atoms with Crippen LogP contribution in [-0.4, -0.2) is 40.4 Å². The van der Waals surface area contributed by atoms with Crippen LogP contribution in [0.4, 0.5) is 13.2 Å². The first-order chi connectivity index (χ1) is 16.5. The van der Waals surface area contributed by atoms with Crippen LogP contribution in [0.2, 0.25) is 5.02 Å². The van der Waals surface area contributed by atoms with Gasteiger partial charge in [-0.25, -0.2) is 9.97 Å². The Morgan fingerprint density at radius 2 is 1.80 bits per heavy atom. The second kappa shape index (κ2) is 12.8. The van der Waals surface area contributed by atoms with Crippen molar-refractivity contribution in [3.8, 4) is 0 Å². The fourth-order valence-corrected chi connectivity index (χ4v) is 4.01. The highest BCUT2D eigenvalue weighted by Crippen LogP contribution is 2.28. The van der Waals surface area contributed by atoms with Gasteiger partial charge in [-0.15, -0.1) is 0 Å². The fraction of sp³-hybridized carbons (Fsp3) is 0.423. The maximum atomic E-state index is 13.3. The van der Waals surface area contributed by atoms with Crippen molar-refractivity contribution < 1.29 is 18.0 Å². The summed E-state index contributed by atoms with van der Waals surface area (Å²) in [4.78, 5) is 22.5. The van der Waals surface area contributed by atoms with Crippen LogP contribution < -0.4 is 5.32 Å². The lowest BCUT2D eigenvalue weighted by molar-refractivity contribution is -0.145. The Morgan fingerprint density at radius 3 is 2.31 bits per heavy atom. The van der Waals surface area contributed by atoms with Gasteiger partial charge < -0.3 is 5.32 Å². The lowest BCUT2D eigenvalue weighted by atomic mass is 9.99. The molecule has 0 aliphatic carbocycles. The first-order valence-corrected chi connectivity index (χ1v) is 11.9. The van der Waals surface area contributed by atoms with Crippen molar-refractivity contribution in [1.29, 1.82) is 0 Å². The molecule has 190 valence electrons. The summed E-state index contributed by atoms with van der Waals surface area (Å²) >= 11 is 6.41. The summed E-state index contributed by atoms with van der Waals surface area (Å²) in [5.74, 6) is -1.56. The van der Waals surface area contributed by atoms with Crippen LogP contribution in [0.15, 0.2) is 42.8 Å². The molecule has 0 spiro atoms. The third kappa shape index (κ3) is 7.90. The third-order valence-corrected chi connectivity index (χ3v) is 5.72. The fourth-order valence-electron chi connectivity index (χ4n) is 3.76. The largest absolute Gasteiger partial charge is 0.451 e. The van der Waals surface area contributed by atoms with Gasteiger partial charge in [0.2, 0.25) is 5.82 Å². The Balaban J connectivity index is 2.39. The van der Waals surface area contributed by atoms with Crippen LogP contribution in [0, 0.1) is 6.92 Å². The summed E-state index contributed by atoms with van der Waals surface area (Å²) < 4.78 is 38.9. The van der Waals surface area contributed by atoms with E-state index in [9.17, 15) is 18.0 Å². The van der Waals surface area contributed by atoms with Gasteiger partial charge in [0.25, 0.3) is 5.91 Å². The first kappa shape index (κ1) is 28.5. The molecule has 0 aliphatic rings. The summed E-state index contributed by atoms with van der Waals surface area (Å²) in [6.07, 6.45) is 3.04. The van der Waals surface area contributed by atoms with Crippen LogP contribution in [0.1, 0.15) is 72.5 Å². The van der Waals surface area contributed by atoms with E-state index in [0.717, 1.165) is 24.0 Å². The maximum absolute atomic E-state index is 13.3. The number of allylic oxidation sites excluding steroid dienone is 2. The number of carbonyl (C=O) groups excluding carboxylic acids is 1. The average molecular weight is 509 g/mol. The molecule has 0 bridgehead atoms. The van der Waals surface area contributed by atoms with E-state index in [-0.39, 0.29) is 12.5 Å². The zero-order valence-corrected chi connectivity index (χ0v) is 21.3. The molecule has 0 aliphatic heterocycles. The number of aryl methyl sites for hydroxylation is 1. The normalized spacial score (nSPS) is 12.8. The molecule has 0 radical (unpaired) electrons. The second-order valence-electron chi connectivity index (χ2n) is 8.43. The minimum Gasteiger partial charge on any atom is -0.350 e. The highest BCUT2D eigenvalue weighted by Gasteiger charge is 2.34. The van der Waals surface area contributed by atoms with Gasteiger partial charge in [0.1, 0.15) is 0 Å². The Morgan fingerprint density at radius 1 is 1.20 bits per heavy atom. The van der Waals surface area contributed by atoms with E-state index in [0.29, 0.717) is 34.8 Å². The van der Waals surface area contributed by atoms with Crippen LogP contribution in [0.5, 0.6) is 0 Å². The van der Waals surface area contributed by atoms with Crippen LogP contribution in [0.3, 0.4) is 0 Å². The van der Waals surface area contributed by atoms with Gasteiger partial charge in [0.15, 0.2) is 0 Å². The molecule has 0 saturated carbocycles. The van der Waals surface area contributed by atoms with Crippen molar-refractivity contribution >= 4 is 23.6 Å². The van der Waals surface area contributed by atoms with Gasteiger partial charge in [-0.05, 0) is 57.0 Å². The van der Waals surface area contributed by atoms with Crippen molar-refractivity contribution in [3.63, 3.8) is 0 Å². The van der Waals surface area contributed by atoms with Gasteiger partial charge >= 0.3 is 6.18 Å². The van der Waals surface area contributed by atoms with E-state index in [1.54, 1.807) is 12.1 Å². The number of carbonyl (C=O) groups is 1. The summed E-state index contributed by atoms with van der Waals surface area (Å²) in [7, 11) is 0. The minimum atomic E-state index is -4.62. The molecule has 0 saturated heterocycles. The van der Waals surface area contributed by atoms with E-state index in [1.807, 2.05) is 39.8 Å². The van der Waals surface area contributed by atoms with Crippen molar-refractivity contribution in [3.05, 3.63) is 75.9 Å². The molecule has 5 nitrogen and oxygen atoms in total. The smallest absolute Gasteiger partial charge is 0.350 e. The maximum Gasteiger partial charge on any atom is 0.451 e. The highest BCUT2D eigenvalue weighted by atomic mass is 35.5. The molecule has 1 unspecified atom stereocenters. The van der Waals surface area contributed by atoms with Crippen molar-refractivity contribution in [2.45, 2.75) is 52.8 Å². The number of aromatic nitrogens is 2. The van der Waals surface area contributed by atoms with Gasteiger partial charge in [0, 0.05) is 24.5 Å². The standard InChI is InChI=1S/C26H32ClF3N4O/c1-6-12-34(13-7-2)22(19-14-32-25(33-15-19)26(28,29)30)16-31-24(35)23-20(10-8-17(3)4)18(5)9-11-21(23)27/h8-11,14-15,22H,3,6-7,12-13,16H2,1-2,4-5H3,(H,31,35)/b10-8-. The minimum absolute atomic E-state index is 0.154. The molecule has 2 rings (SSSR count). The van der Waals surface area contributed by atoms with Crippen LogP contribution in [-0.2, 0) is 6.18 Å². The summed E-state index contributed by atoms with van der Waals surface area (Å²) in [6.45, 7) is 13.2. The molecular weight excluding hydrogens is 477 g/mol. The number of benzene rings is 1. The van der Waals surface area contributed by atoms with Crippen molar-refractivity contribution in [2.75, 3.05) is 19.6 Å². The lowest BCUT2D eigenvalue weighted by Gasteiger charge is -2.31. The van der Waals surface area contributed by atoms with Gasteiger partial charge in [-0.3, -0.25) is 9.69 Å². The highest BCUT2D eigenvalue weighted by molar-refractivity contribution is 6.34. The zero-order chi connectivity index (χ0) is 26.2. The van der Waals surface area contributed by atoms with Gasteiger partial charge in [-0.1, -0.05) is 55.8 Å². The van der Waals surface area contributed by atoms with E-state index >= 15 is 0 Å². The summed E-state index contributed by atoms with van der Waals surface area (Å²) in [5, 5.41) is 3.24. The number of rotatable bonds is 11. The summed E-state index contributed by atoms with van der Waals surface area (Å²) in [6, 6.07) is 3.11. The number of amides is 1. The monoisotopic (exact) mass is 508 g/mol. The molecule has 1 N–H and O–H groups in total. The topological polar surface area (TPSA) is 58.1 Å². The molecule has 2 aromatic rings. The van der Waals surface area contributed by atoms with Crippen molar-refractivity contribution in [2.24, 2.45) is 0 Å². The van der Waals surface area contributed by atoms with E-state index in [2.05, 4.69) is 26.8 Å². The Hall–Kier alpha value is -2.71. The second-order valence-corrected chi connectivity index (χ2v) is 8.84. The molecule has 1 aromatic heterocycles. The van der Waals surface area contributed by atoms with Crippen molar-refractivity contribution in [1.82, 2.24) is 20.2 Å². The average Bonchev–Trinajstić information content (AvgIpc) is 2.79. The molecule has 1 amide bonds. The lowest BCUT2D eigenvalue weighted by Crippen LogP contribution is -2.39. The number of hydrogen-bond acceptors (Lipinski definition) is 4. The Bertz CT molecular complexity index is 1050. The number of nitrogens with zero attached hydrogens (tertiary/aromatic N) is 3. The van der Waals surface area contributed by atoms with Gasteiger partial charge in [0.05, 0.1) is 16.6 Å².